The largest absolute Gasteiger partial charge is 0.507 e. The number of para-hydroxylation sites is 2. The van der Waals surface area contributed by atoms with E-state index in [0.717, 1.165) is 11.3 Å². The summed E-state index contributed by atoms with van der Waals surface area (Å²) in [6.07, 6.45) is 1.73. The molecule has 0 spiro atoms. The van der Waals surface area contributed by atoms with Crippen molar-refractivity contribution in [2.24, 2.45) is 0 Å². The lowest BCUT2D eigenvalue weighted by Crippen LogP contribution is -2.16. The van der Waals surface area contributed by atoms with Crippen molar-refractivity contribution in [1.29, 1.82) is 0 Å². The number of aromatic hydroxyl groups is 1. The van der Waals surface area contributed by atoms with Gasteiger partial charge in [-0.05, 0) is 29.7 Å². The van der Waals surface area contributed by atoms with Crippen LogP contribution in [-0.4, -0.2) is 31.5 Å². The van der Waals surface area contributed by atoms with E-state index in [9.17, 15) is 9.90 Å². The molecule has 0 aliphatic heterocycles. The van der Waals surface area contributed by atoms with Crippen LogP contribution in [0.3, 0.4) is 0 Å². The number of rotatable bonds is 8. The fourth-order valence-corrected chi connectivity index (χ4v) is 3.73. The molecule has 7 heteroatoms. The quantitative estimate of drug-likeness (QED) is 0.417. The average molecular weight is 409 g/mol. The number of thioether (sulfide) groups is 1. The van der Waals surface area contributed by atoms with Gasteiger partial charge in [-0.2, -0.15) is 0 Å². The van der Waals surface area contributed by atoms with Gasteiger partial charge in [0, 0.05) is 12.2 Å². The van der Waals surface area contributed by atoms with Gasteiger partial charge >= 0.3 is 0 Å². The fraction of sp³-hybridized carbons (Fsp3) is 0.227. The number of phenolic OH excluding ortho intramolecular Hbond substituents is 1. The number of allylic oxidation sites excluding steroid dienone is 1. The molecule has 0 aliphatic carbocycles. The fourth-order valence-electron chi connectivity index (χ4n) is 2.98. The van der Waals surface area contributed by atoms with Crippen LogP contribution in [0, 0.1) is 0 Å². The summed E-state index contributed by atoms with van der Waals surface area (Å²) in [6, 6.07) is 14.8. The highest BCUT2D eigenvalue weighted by molar-refractivity contribution is 7.99. The number of benzene rings is 2. The molecule has 6 nitrogen and oxygen atoms in total. The maximum absolute atomic E-state index is 12.5. The first kappa shape index (κ1) is 20.7. The zero-order valence-corrected chi connectivity index (χ0v) is 17.3. The van der Waals surface area contributed by atoms with Gasteiger partial charge < -0.3 is 10.4 Å². The van der Waals surface area contributed by atoms with Crippen LogP contribution in [0.5, 0.6) is 5.75 Å². The molecule has 2 N–H and O–H groups in total. The van der Waals surface area contributed by atoms with Crippen molar-refractivity contribution in [2.75, 3.05) is 11.1 Å². The highest BCUT2D eigenvalue weighted by Crippen LogP contribution is 2.30. The summed E-state index contributed by atoms with van der Waals surface area (Å²) in [5.74, 6) is 1.07. The summed E-state index contributed by atoms with van der Waals surface area (Å²) in [5, 5.41) is 22.1. The molecular weight excluding hydrogens is 384 g/mol. The summed E-state index contributed by atoms with van der Waals surface area (Å²) in [7, 11) is 0. The number of amides is 1. The molecule has 0 saturated heterocycles. The molecule has 29 heavy (non-hydrogen) atoms. The van der Waals surface area contributed by atoms with E-state index in [2.05, 4.69) is 35.9 Å². The monoisotopic (exact) mass is 408 g/mol. The molecule has 0 bridgehead atoms. The highest BCUT2D eigenvalue weighted by Gasteiger charge is 2.17. The summed E-state index contributed by atoms with van der Waals surface area (Å²) >= 11 is 1.30. The Hall–Kier alpha value is -3.06. The average Bonchev–Trinajstić information content (AvgIpc) is 3.10. The third kappa shape index (κ3) is 4.86. The SMILES string of the molecule is C=CCn1c(SCC(=O)Nc2ccccc2C(C)C)nnc1-c1ccccc1O. The number of nitrogens with one attached hydrogen (secondary N) is 1. The van der Waals surface area contributed by atoms with Crippen molar-refractivity contribution >= 4 is 23.4 Å². The Balaban J connectivity index is 1.75. The number of hydrogen-bond donors (Lipinski definition) is 2. The first-order valence-corrected chi connectivity index (χ1v) is 10.3. The predicted octanol–water partition coefficient (Wildman–Crippen LogP) is 4.69. The van der Waals surface area contributed by atoms with Crippen molar-refractivity contribution in [3.8, 4) is 17.1 Å². The summed E-state index contributed by atoms with van der Waals surface area (Å²) in [4.78, 5) is 12.5. The van der Waals surface area contributed by atoms with Crippen LogP contribution in [0.25, 0.3) is 11.4 Å². The number of carbonyl (C=O) groups is 1. The van der Waals surface area contributed by atoms with Gasteiger partial charge in [-0.25, -0.2) is 0 Å². The Morgan fingerprint density at radius 3 is 2.66 bits per heavy atom. The number of aromatic nitrogens is 3. The molecular formula is C22H24N4O2S. The van der Waals surface area contributed by atoms with Gasteiger partial charge in [0.15, 0.2) is 11.0 Å². The van der Waals surface area contributed by atoms with E-state index in [0.29, 0.717) is 29.0 Å². The third-order valence-electron chi connectivity index (χ3n) is 4.36. The molecule has 3 aromatic rings. The van der Waals surface area contributed by atoms with E-state index in [1.807, 2.05) is 34.9 Å². The van der Waals surface area contributed by atoms with E-state index in [1.165, 1.54) is 11.8 Å². The molecule has 1 aromatic heterocycles. The van der Waals surface area contributed by atoms with E-state index >= 15 is 0 Å². The molecule has 150 valence electrons. The minimum absolute atomic E-state index is 0.111. The van der Waals surface area contributed by atoms with E-state index in [1.54, 1.807) is 24.3 Å². The number of carbonyl (C=O) groups excluding carboxylic acids is 1. The van der Waals surface area contributed by atoms with Crippen molar-refractivity contribution < 1.29 is 9.90 Å². The lowest BCUT2D eigenvalue weighted by Gasteiger charge is -2.13. The molecule has 3 rings (SSSR count). The topological polar surface area (TPSA) is 80.0 Å². The van der Waals surface area contributed by atoms with E-state index in [-0.39, 0.29) is 17.4 Å². The van der Waals surface area contributed by atoms with Gasteiger partial charge in [-0.3, -0.25) is 9.36 Å². The molecule has 0 saturated carbocycles. The first-order valence-electron chi connectivity index (χ1n) is 9.35. The minimum atomic E-state index is -0.111. The van der Waals surface area contributed by atoms with Gasteiger partial charge in [0.1, 0.15) is 5.75 Å². The summed E-state index contributed by atoms with van der Waals surface area (Å²) < 4.78 is 1.84. The number of phenols is 1. The first-order chi connectivity index (χ1) is 14.0. The van der Waals surface area contributed by atoms with Crippen molar-refractivity contribution in [3.05, 3.63) is 66.7 Å². The molecule has 0 unspecified atom stereocenters. The van der Waals surface area contributed by atoms with Gasteiger partial charge in [0.05, 0.1) is 11.3 Å². The van der Waals surface area contributed by atoms with Crippen molar-refractivity contribution in [2.45, 2.75) is 31.5 Å². The second-order valence-electron chi connectivity index (χ2n) is 6.80. The molecule has 2 aromatic carbocycles. The normalized spacial score (nSPS) is 10.9. The Kier molecular flexibility index (Phi) is 6.72. The predicted molar refractivity (Wildman–Crippen MR) is 117 cm³/mol. The van der Waals surface area contributed by atoms with Crippen LogP contribution < -0.4 is 5.32 Å². The van der Waals surface area contributed by atoms with E-state index in [4.69, 9.17) is 0 Å². The van der Waals surface area contributed by atoms with Crippen molar-refractivity contribution in [3.63, 3.8) is 0 Å². The second-order valence-corrected chi connectivity index (χ2v) is 7.74. The Labute approximate surface area is 174 Å². The maximum Gasteiger partial charge on any atom is 0.234 e. The summed E-state index contributed by atoms with van der Waals surface area (Å²) in [5.41, 5.74) is 2.52. The molecule has 0 atom stereocenters. The second kappa shape index (κ2) is 9.43. The number of hydrogen-bond acceptors (Lipinski definition) is 5. The standard InChI is InChI=1S/C22H24N4O2S/c1-4-13-26-21(17-10-6-8-12-19(17)27)24-25-22(26)29-14-20(28)23-18-11-7-5-9-16(18)15(2)3/h4-12,15,27H,1,13-14H2,2-3H3,(H,23,28). The number of nitrogens with zero attached hydrogens (tertiary/aromatic N) is 3. The van der Waals surface area contributed by atoms with Crippen LogP contribution in [0.1, 0.15) is 25.3 Å². The van der Waals surface area contributed by atoms with Crippen LogP contribution in [0.4, 0.5) is 5.69 Å². The van der Waals surface area contributed by atoms with E-state index < -0.39 is 0 Å². The van der Waals surface area contributed by atoms with Crippen LogP contribution in [0.15, 0.2) is 66.3 Å². The van der Waals surface area contributed by atoms with Gasteiger partial charge in [-0.15, -0.1) is 16.8 Å². The summed E-state index contributed by atoms with van der Waals surface area (Å²) in [6.45, 7) is 8.44. The molecule has 1 heterocycles. The van der Waals surface area contributed by atoms with Crippen LogP contribution >= 0.6 is 11.8 Å². The zero-order valence-electron chi connectivity index (χ0n) is 16.5. The van der Waals surface area contributed by atoms with Gasteiger partial charge in [0.2, 0.25) is 5.91 Å². The molecule has 0 fully saturated rings. The maximum atomic E-state index is 12.5. The third-order valence-corrected chi connectivity index (χ3v) is 5.33. The van der Waals surface area contributed by atoms with Crippen LogP contribution in [0.2, 0.25) is 0 Å². The molecule has 1 amide bonds. The van der Waals surface area contributed by atoms with Gasteiger partial charge in [-0.1, -0.05) is 62.0 Å². The highest BCUT2D eigenvalue weighted by atomic mass is 32.2. The minimum Gasteiger partial charge on any atom is -0.507 e. The molecule has 0 radical (unpaired) electrons. The Bertz CT molecular complexity index is 1010. The smallest absolute Gasteiger partial charge is 0.234 e. The van der Waals surface area contributed by atoms with Crippen LogP contribution in [-0.2, 0) is 11.3 Å². The zero-order chi connectivity index (χ0) is 20.8. The van der Waals surface area contributed by atoms with Gasteiger partial charge in [0.25, 0.3) is 0 Å². The lowest BCUT2D eigenvalue weighted by molar-refractivity contribution is -0.113. The molecule has 0 aliphatic rings. The number of anilines is 1. The van der Waals surface area contributed by atoms with Crippen molar-refractivity contribution in [1.82, 2.24) is 14.8 Å². The lowest BCUT2D eigenvalue weighted by atomic mass is 10.0. The Morgan fingerprint density at radius 2 is 1.93 bits per heavy atom. The Morgan fingerprint density at radius 1 is 1.21 bits per heavy atom.